The molecule has 2 N–H and O–H groups in total. The molecule has 0 fully saturated rings. The molecule has 1 aromatic heterocycles. The summed E-state index contributed by atoms with van der Waals surface area (Å²) >= 11 is 0. The molecular formula is C13H11N3O2. The highest BCUT2D eigenvalue weighted by molar-refractivity contribution is 5.72. The molecule has 2 rings (SSSR count). The predicted molar refractivity (Wildman–Crippen MR) is 70.7 cm³/mol. The fraction of sp³-hybridized carbons (Fsp3) is 0. The first-order valence-corrected chi connectivity index (χ1v) is 5.31. The Bertz CT molecular complexity index is 594. The lowest BCUT2D eigenvalue weighted by Crippen LogP contribution is -1.97. The molecule has 18 heavy (non-hydrogen) atoms. The van der Waals surface area contributed by atoms with E-state index in [1.165, 1.54) is 12.1 Å². The number of hydrogen-bond acceptors (Lipinski definition) is 4. The highest BCUT2D eigenvalue weighted by Crippen LogP contribution is 2.20. The Morgan fingerprint density at radius 1 is 1.11 bits per heavy atom. The summed E-state index contributed by atoms with van der Waals surface area (Å²) in [5.74, 6) is 0.258. The van der Waals surface area contributed by atoms with E-state index < -0.39 is 4.92 Å². The average Bonchev–Trinajstić information content (AvgIpc) is 2.37. The van der Waals surface area contributed by atoms with Crippen molar-refractivity contribution >= 4 is 23.7 Å². The van der Waals surface area contributed by atoms with Crippen LogP contribution < -0.4 is 5.73 Å². The standard InChI is InChI=1S/C13H11N3O2/c14-13-9-8-12(16(17)18)11(15-13)7-6-10-4-2-1-3-5-10/h1-9H,(H2,14,15)/b7-6+. The van der Waals surface area contributed by atoms with Crippen molar-refractivity contribution < 1.29 is 4.92 Å². The van der Waals surface area contributed by atoms with E-state index in [1.54, 1.807) is 12.2 Å². The topological polar surface area (TPSA) is 82.0 Å². The van der Waals surface area contributed by atoms with Gasteiger partial charge in [0.15, 0.2) is 0 Å². The molecule has 0 spiro atoms. The van der Waals surface area contributed by atoms with Gasteiger partial charge in [-0.1, -0.05) is 36.4 Å². The van der Waals surface area contributed by atoms with Gasteiger partial charge in [0, 0.05) is 6.07 Å². The maximum atomic E-state index is 10.8. The van der Waals surface area contributed by atoms with Gasteiger partial charge in [0.1, 0.15) is 11.5 Å². The van der Waals surface area contributed by atoms with Crippen LogP contribution in [0.3, 0.4) is 0 Å². The van der Waals surface area contributed by atoms with Crippen molar-refractivity contribution in [1.29, 1.82) is 0 Å². The summed E-state index contributed by atoms with van der Waals surface area (Å²) in [7, 11) is 0. The molecule has 0 aliphatic heterocycles. The van der Waals surface area contributed by atoms with Crippen molar-refractivity contribution in [2.75, 3.05) is 5.73 Å². The van der Waals surface area contributed by atoms with Crippen molar-refractivity contribution in [3.05, 3.63) is 63.8 Å². The van der Waals surface area contributed by atoms with E-state index in [0.29, 0.717) is 0 Å². The Kier molecular flexibility index (Phi) is 3.33. The fourth-order valence-corrected chi connectivity index (χ4v) is 1.50. The quantitative estimate of drug-likeness (QED) is 0.661. The summed E-state index contributed by atoms with van der Waals surface area (Å²) < 4.78 is 0. The number of benzene rings is 1. The molecule has 0 aliphatic carbocycles. The second-order valence-electron chi connectivity index (χ2n) is 3.64. The van der Waals surface area contributed by atoms with Crippen molar-refractivity contribution in [3.63, 3.8) is 0 Å². The van der Waals surface area contributed by atoms with Gasteiger partial charge in [0.05, 0.1) is 4.92 Å². The number of hydrogen-bond donors (Lipinski definition) is 1. The zero-order valence-corrected chi connectivity index (χ0v) is 9.48. The fourth-order valence-electron chi connectivity index (χ4n) is 1.50. The van der Waals surface area contributed by atoms with Crippen molar-refractivity contribution in [1.82, 2.24) is 4.98 Å². The molecule has 0 saturated carbocycles. The third-order valence-electron chi connectivity index (χ3n) is 2.35. The lowest BCUT2D eigenvalue weighted by atomic mass is 10.2. The van der Waals surface area contributed by atoms with E-state index in [1.807, 2.05) is 30.3 Å². The second-order valence-corrected chi connectivity index (χ2v) is 3.64. The molecule has 0 radical (unpaired) electrons. The van der Waals surface area contributed by atoms with Gasteiger partial charge in [-0.3, -0.25) is 10.1 Å². The first kappa shape index (κ1) is 11.8. The van der Waals surface area contributed by atoms with Crippen LogP contribution in [0.1, 0.15) is 11.3 Å². The van der Waals surface area contributed by atoms with E-state index in [4.69, 9.17) is 5.73 Å². The van der Waals surface area contributed by atoms with E-state index in [-0.39, 0.29) is 17.2 Å². The van der Waals surface area contributed by atoms with Gasteiger partial charge < -0.3 is 5.73 Å². The predicted octanol–water partition coefficient (Wildman–Crippen LogP) is 2.74. The van der Waals surface area contributed by atoms with Crippen LogP contribution in [0.5, 0.6) is 0 Å². The van der Waals surface area contributed by atoms with Crippen LogP contribution in [0.2, 0.25) is 0 Å². The Hall–Kier alpha value is -2.69. The van der Waals surface area contributed by atoms with Crippen molar-refractivity contribution in [2.24, 2.45) is 0 Å². The molecule has 90 valence electrons. The van der Waals surface area contributed by atoms with Gasteiger partial charge in [-0.25, -0.2) is 4.98 Å². The van der Waals surface area contributed by atoms with E-state index >= 15 is 0 Å². The van der Waals surface area contributed by atoms with Gasteiger partial charge in [0.25, 0.3) is 5.69 Å². The zero-order valence-electron chi connectivity index (χ0n) is 9.48. The first-order chi connectivity index (χ1) is 8.66. The summed E-state index contributed by atoms with van der Waals surface area (Å²) in [5.41, 5.74) is 6.66. The van der Waals surface area contributed by atoms with Crippen LogP contribution in [0, 0.1) is 10.1 Å². The summed E-state index contributed by atoms with van der Waals surface area (Å²) in [5, 5.41) is 10.8. The van der Waals surface area contributed by atoms with E-state index in [0.717, 1.165) is 5.56 Å². The third-order valence-corrected chi connectivity index (χ3v) is 2.35. The molecule has 0 bridgehead atoms. The molecular weight excluding hydrogens is 230 g/mol. The second kappa shape index (κ2) is 5.09. The summed E-state index contributed by atoms with van der Waals surface area (Å²) in [4.78, 5) is 14.3. The van der Waals surface area contributed by atoms with Crippen LogP contribution >= 0.6 is 0 Å². The monoisotopic (exact) mass is 241 g/mol. The van der Waals surface area contributed by atoms with Crippen LogP contribution in [0.4, 0.5) is 11.5 Å². The molecule has 0 amide bonds. The normalized spacial score (nSPS) is 10.7. The summed E-state index contributed by atoms with van der Waals surface area (Å²) in [6.45, 7) is 0. The number of rotatable bonds is 3. The van der Waals surface area contributed by atoms with Gasteiger partial charge in [-0.2, -0.15) is 0 Å². The molecule has 1 heterocycles. The lowest BCUT2D eigenvalue weighted by Gasteiger charge is -1.98. The van der Waals surface area contributed by atoms with Crippen LogP contribution in [-0.4, -0.2) is 9.91 Å². The first-order valence-electron chi connectivity index (χ1n) is 5.31. The van der Waals surface area contributed by atoms with Gasteiger partial charge >= 0.3 is 0 Å². The smallest absolute Gasteiger partial charge is 0.295 e. The molecule has 0 saturated heterocycles. The number of nitrogens with two attached hydrogens (primary N) is 1. The summed E-state index contributed by atoms with van der Waals surface area (Å²) in [6.07, 6.45) is 3.35. The molecule has 0 unspecified atom stereocenters. The SMILES string of the molecule is Nc1ccc([N+](=O)[O-])c(/C=C/c2ccccc2)n1. The molecule has 1 aromatic carbocycles. The van der Waals surface area contributed by atoms with Crippen molar-refractivity contribution in [3.8, 4) is 0 Å². The minimum atomic E-state index is -0.475. The molecule has 5 nitrogen and oxygen atoms in total. The molecule has 0 aliphatic rings. The Labute approximate surface area is 104 Å². The minimum Gasteiger partial charge on any atom is -0.384 e. The Morgan fingerprint density at radius 3 is 2.50 bits per heavy atom. The van der Waals surface area contributed by atoms with E-state index in [9.17, 15) is 10.1 Å². The van der Waals surface area contributed by atoms with Gasteiger partial charge in [0.2, 0.25) is 0 Å². The number of nitrogen functional groups attached to an aromatic ring is 1. The average molecular weight is 241 g/mol. The van der Waals surface area contributed by atoms with Crippen LogP contribution in [0.15, 0.2) is 42.5 Å². The Morgan fingerprint density at radius 2 is 1.83 bits per heavy atom. The highest BCUT2D eigenvalue weighted by atomic mass is 16.6. The maximum Gasteiger partial charge on any atom is 0.295 e. The summed E-state index contributed by atoms with van der Waals surface area (Å²) in [6, 6.07) is 12.2. The third kappa shape index (κ3) is 2.70. The van der Waals surface area contributed by atoms with Crippen LogP contribution in [-0.2, 0) is 0 Å². The number of pyridine rings is 1. The Balaban J connectivity index is 2.36. The van der Waals surface area contributed by atoms with Crippen molar-refractivity contribution in [2.45, 2.75) is 0 Å². The number of anilines is 1. The molecule has 2 aromatic rings. The minimum absolute atomic E-state index is 0.0589. The largest absolute Gasteiger partial charge is 0.384 e. The van der Waals surface area contributed by atoms with Gasteiger partial charge in [-0.15, -0.1) is 0 Å². The van der Waals surface area contributed by atoms with Crippen LogP contribution in [0.25, 0.3) is 12.2 Å². The van der Waals surface area contributed by atoms with Gasteiger partial charge in [-0.05, 0) is 17.7 Å². The number of nitro groups is 1. The molecule has 5 heteroatoms. The highest BCUT2D eigenvalue weighted by Gasteiger charge is 2.12. The number of nitrogens with zero attached hydrogens (tertiary/aromatic N) is 2. The molecule has 0 atom stereocenters. The van der Waals surface area contributed by atoms with E-state index in [2.05, 4.69) is 4.98 Å². The zero-order chi connectivity index (χ0) is 13.0. The lowest BCUT2D eigenvalue weighted by molar-refractivity contribution is -0.385. The number of aromatic nitrogens is 1. The maximum absolute atomic E-state index is 10.8.